The van der Waals surface area contributed by atoms with Crippen molar-refractivity contribution in [2.24, 2.45) is 11.8 Å². The van der Waals surface area contributed by atoms with Gasteiger partial charge in [-0.2, -0.15) is 0 Å². The van der Waals surface area contributed by atoms with E-state index in [9.17, 15) is 18.0 Å². The van der Waals surface area contributed by atoms with Gasteiger partial charge in [0.25, 0.3) is 0 Å². The molecule has 0 saturated heterocycles. The molecule has 0 N–H and O–H groups in total. The van der Waals surface area contributed by atoms with Crippen molar-refractivity contribution in [2.75, 3.05) is 23.2 Å². The molecule has 0 unspecified atom stereocenters. The Labute approximate surface area is 141 Å². The minimum atomic E-state index is -3.29. The Bertz CT molecular complexity index is 786. The first kappa shape index (κ1) is 17.0. The quantitative estimate of drug-likeness (QED) is 0.576. The van der Waals surface area contributed by atoms with E-state index in [1.165, 1.54) is 4.31 Å². The first-order chi connectivity index (χ1) is 11.3. The Kier molecular flexibility index (Phi) is 4.38. The number of rotatable bonds is 6. The zero-order valence-electron chi connectivity index (χ0n) is 13.8. The van der Waals surface area contributed by atoms with Gasteiger partial charge in [0.05, 0.1) is 17.4 Å². The van der Waals surface area contributed by atoms with Gasteiger partial charge in [-0.25, -0.2) is 8.42 Å². The lowest BCUT2D eigenvalue weighted by molar-refractivity contribution is -0.144. The van der Waals surface area contributed by atoms with Gasteiger partial charge >= 0.3 is 5.97 Å². The second-order valence-corrected chi connectivity index (χ2v) is 8.60. The summed E-state index contributed by atoms with van der Waals surface area (Å²) in [5, 5.41) is 0. The third-order valence-corrected chi connectivity index (χ3v) is 6.49. The van der Waals surface area contributed by atoms with Crippen LogP contribution < -0.4 is 4.31 Å². The minimum Gasteiger partial charge on any atom is -0.457 e. The van der Waals surface area contributed by atoms with Crippen LogP contribution >= 0.6 is 0 Å². The average Bonchev–Trinajstić information content (AvgIpc) is 3.14. The number of hydrogen-bond donors (Lipinski definition) is 0. The molecular formula is C17H21NO5S. The predicted molar refractivity (Wildman–Crippen MR) is 89.5 cm³/mol. The van der Waals surface area contributed by atoms with E-state index < -0.39 is 10.0 Å². The monoisotopic (exact) mass is 351 g/mol. The van der Waals surface area contributed by atoms with Crippen molar-refractivity contribution in [1.29, 1.82) is 0 Å². The first-order valence-electron chi connectivity index (χ1n) is 8.16. The fraction of sp³-hybridized carbons (Fsp3) is 0.529. The van der Waals surface area contributed by atoms with E-state index in [-0.39, 0.29) is 30.0 Å². The molecule has 1 heterocycles. The van der Waals surface area contributed by atoms with Gasteiger partial charge in [-0.15, -0.1) is 0 Å². The van der Waals surface area contributed by atoms with E-state index in [1.54, 1.807) is 25.1 Å². The molecule has 0 spiro atoms. The molecule has 0 aromatic heterocycles. The number of anilines is 1. The second-order valence-electron chi connectivity index (χ2n) is 6.42. The summed E-state index contributed by atoms with van der Waals surface area (Å²) < 4.78 is 30.6. The van der Waals surface area contributed by atoms with Crippen LogP contribution in [-0.4, -0.2) is 39.1 Å². The number of Topliss-reactive ketones (excluding diaryl/α,β-unsaturated/α-hetero) is 1. The summed E-state index contributed by atoms with van der Waals surface area (Å²) in [4.78, 5) is 23.9. The summed E-state index contributed by atoms with van der Waals surface area (Å²) in [5.74, 6) is -0.249. The molecule has 2 aliphatic rings. The number of carbonyl (C=O) groups excluding carboxylic acids is 2. The largest absolute Gasteiger partial charge is 0.457 e. The van der Waals surface area contributed by atoms with Gasteiger partial charge in [-0.05, 0) is 49.4 Å². The molecule has 1 fully saturated rings. The van der Waals surface area contributed by atoms with E-state index in [1.807, 2.05) is 6.92 Å². The molecule has 0 amide bonds. The van der Waals surface area contributed by atoms with Crippen molar-refractivity contribution >= 4 is 27.5 Å². The zero-order valence-corrected chi connectivity index (χ0v) is 14.6. The average molecular weight is 351 g/mol. The van der Waals surface area contributed by atoms with Crippen LogP contribution in [0.4, 0.5) is 5.69 Å². The number of ether oxygens (including phenoxy) is 1. The molecule has 0 radical (unpaired) electrons. The number of benzene rings is 1. The maximum absolute atomic E-state index is 12.2. The highest BCUT2D eigenvalue weighted by molar-refractivity contribution is 7.92. The van der Waals surface area contributed by atoms with Crippen molar-refractivity contribution in [1.82, 2.24) is 0 Å². The molecule has 0 bridgehead atoms. The molecule has 130 valence electrons. The second kappa shape index (κ2) is 6.20. The van der Waals surface area contributed by atoms with Gasteiger partial charge < -0.3 is 4.74 Å². The third kappa shape index (κ3) is 3.17. The van der Waals surface area contributed by atoms with Gasteiger partial charge in [0.1, 0.15) is 0 Å². The van der Waals surface area contributed by atoms with Crippen LogP contribution in [0.2, 0.25) is 0 Å². The summed E-state index contributed by atoms with van der Waals surface area (Å²) in [6.45, 7) is 3.72. The highest BCUT2D eigenvalue weighted by Crippen LogP contribution is 2.38. The highest BCUT2D eigenvalue weighted by atomic mass is 32.2. The Morgan fingerprint density at radius 3 is 2.67 bits per heavy atom. The summed E-state index contributed by atoms with van der Waals surface area (Å²) in [7, 11) is -3.29. The van der Waals surface area contributed by atoms with Crippen molar-refractivity contribution in [2.45, 2.75) is 26.7 Å². The SMILES string of the molecule is CCS(=O)(=O)N1CCc2cc(C(=O)COC(=O)[C@H]3C[C@H]3C)ccc21. The topological polar surface area (TPSA) is 80.8 Å². The van der Waals surface area contributed by atoms with Crippen LogP contribution in [0, 0.1) is 11.8 Å². The highest BCUT2D eigenvalue weighted by Gasteiger charge is 2.40. The first-order valence-corrected chi connectivity index (χ1v) is 9.77. The zero-order chi connectivity index (χ0) is 17.5. The summed E-state index contributed by atoms with van der Waals surface area (Å²) in [6.07, 6.45) is 1.41. The number of fused-ring (bicyclic) bond motifs is 1. The standard InChI is InChI=1S/C17H21NO5S/c1-3-24(21,22)18-7-6-12-9-13(4-5-15(12)18)16(19)10-23-17(20)14-8-11(14)2/h4-5,9,11,14H,3,6-8,10H2,1-2H3/t11-,14+/m1/s1. The van der Waals surface area contributed by atoms with E-state index >= 15 is 0 Å². The predicted octanol–water partition coefficient (Wildman–Crippen LogP) is 1.78. The molecule has 6 nitrogen and oxygen atoms in total. The molecule has 1 aliphatic carbocycles. The van der Waals surface area contributed by atoms with Gasteiger partial charge in [-0.1, -0.05) is 6.92 Å². The van der Waals surface area contributed by atoms with E-state index in [0.29, 0.717) is 30.1 Å². The van der Waals surface area contributed by atoms with Crippen LogP contribution in [0.1, 0.15) is 36.2 Å². The molecule has 2 atom stereocenters. The smallest absolute Gasteiger partial charge is 0.309 e. The lowest BCUT2D eigenvalue weighted by atomic mass is 10.1. The summed E-state index contributed by atoms with van der Waals surface area (Å²) in [6, 6.07) is 4.96. The Balaban J connectivity index is 1.68. The van der Waals surface area contributed by atoms with E-state index in [2.05, 4.69) is 0 Å². The number of sulfonamides is 1. The molecule has 1 aromatic carbocycles. The lowest BCUT2D eigenvalue weighted by Crippen LogP contribution is -2.30. The van der Waals surface area contributed by atoms with Crippen molar-refractivity contribution in [3.8, 4) is 0 Å². The maximum atomic E-state index is 12.2. The molecule has 1 aliphatic heterocycles. The number of ketones is 1. The van der Waals surface area contributed by atoms with Crippen molar-refractivity contribution in [3.63, 3.8) is 0 Å². The van der Waals surface area contributed by atoms with Gasteiger partial charge in [0, 0.05) is 12.1 Å². The van der Waals surface area contributed by atoms with Crippen molar-refractivity contribution < 1.29 is 22.7 Å². The summed E-state index contributed by atoms with van der Waals surface area (Å²) >= 11 is 0. The molecule has 7 heteroatoms. The fourth-order valence-electron chi connectivity index (χ4n) is 2.97. The van der Waals surface area contributed by atoms with Crippen LogP contribution in [0.5, 0.6) is 0 Å². The van der Waals surface area contributed by atoms with Crippen molar-refractivity contribution in [3.05, 3.63) is 29.3 Å². The Hall–Kier alpha value is -1.89. The van der Waals surface area contributed by atoms with Crippen LogP contribution in [0.3, 0.4) is 0 Å². The molecular weight excluding hydrogens is 330 g/mol. The van der Waals surface area contributed by atoms with Gasteiger partial charge in [-0.3, -0.25) is 13.9 Å². The Morgan fingerprint density at radius 2 is 2.04 bits per heavy atom. The molecule has 3 rings (SSSR count). The van der Waals surface area contributed by atoms with E-state index in [0.717, 1.165) is 12.0 Å². The third-order valence-electron chi connectivity index (χ3n) is 4.71. The molecule has 1 aromatic rings. The number of nitrogens with zero attached hydrogens (tertiary/aromatic N) is 1. The number of esters is 1. The molecule has 1 saturated carbocycles. The van der Waals surface area contributed by atoms with Gasteiger partial charge in [0.2, 0.25) is 10.0 Å². The number of hydrogen-bond acceptors (Lipinski definition) is 5. The number of carbonyl (C=O) groups is 2. The van der Waals surface area contributed by atoms with Gasteiger partial charge in [0.15, 0.2) is 12.4 Å². The van der Waals surface area contributed by atoms with Crippen LogP contribution in [0.25, 0.3) is 0 Å². The van der Waals surface area contributed by atoms with Crippen LogP contribution in [0.15, 0.2) is 18.2 Å². The lowest BCUT2D eigenvalue weighted by Gasteiger charge is -2.18. The van der Waals surface area contributed by atoms with Crippen LogP contribution in [-0.2, 0) is 26.0 Å². The minimum absolute atomic E-state index is 0.0443. The summed E-state index contributed by atoms with van der Waals surface area (Å²) in [5.41, 5.74) is 1.92. The van der Waals surface area contributed by atoms with E-state index in [4.69, 9.17) is 4.74 Å². The fourth-order valence-corrected chi connectivity index (χ4v) is 4.13. The molecule has 24 heavy (non-hydrogen) atoms. The maximum Gasteiger partial charge on any atom is 0.309 e. The Morgan fingerprint density at radius 1 is 1.33 bits per heavy atom. The normalized spacial score (nSPS) is 22.2.